The molecular weight excluding hydrogens is 426 g/mol. The highest BCUT2D eigenvalue weighted by Crippen LogP contribution is 2.18. The van der Waals surface area contributed by atoms with E-state index in [1.54, 1.807) is 24.5 Å². The summed E-state index contributed by atoms with van der Waals surface area (Å²) in [5.74, 6) is 0.280. The Morgan fingerprint density at radius 1 is 0.938 bits per heavy atom. The number of primary amides is 1. The highest BCUT2D eigenvalue weighted by molar-refractivity contribution is 6.33. The van der Waals surface area contributed by atoms with E-state index in [-0.39, 0.29) is 0 Å². The molecule has 0 fully saturated rings. The van der Waals surface area contributed by atoms with Crippen LogP contribution in [-0.4, -0.2) is 32.0 Å². The molecule has 2 N–H and O–H groups in total. The van der Waals surface area contributed by atoms with Crippen LogP contribution in [0.15, 0.2) is 36.9 Å². The molecule has 2 heterocycles. The number of aromatic nitrogens is 4. The Balaban J connectivity index is 1.14. The largest absolute Gasteiger partial charge is 0.494 e. The van der Waals surface area contributed by atoms with Crippen molar-refractivity contribution in [3.63, 3.8) is 0 Å². The first-order valence-electron chi connectivity index (χ1n) is 11.5. The Labute approximate surface area is 194 Å². The lowest BCUT2D eigenvalue weighted by Crippen LogP contribution is -2.10. The second-order valence-electron chi connectivity index (χ2n) is 8.05. The summed E-state index contributed by atoms with van der Waals surface area (Å²) in [6.45, 7) is 1.59. The van der Waals surface area contributed by atoms with Crippen LogP contribution in [0.4, 0.5) is 0 Å². The molecule has 172 valence electrons. The van der Waals surface area contributed by atoms with Gasteiger partial charge in [0, 0.05) is 12.1 Å². The summed E-state index contributed by atoms with van der Waals surface area (Å²) in [5.41, 5.74) is 7.26. The number of hydrogen-bond donors (Lipinski definition) is 1. The Bertz CT molecular complexity index is 991. The smallest absolute Gasteiger partial charge is 0.248 e. The molecule has 32 heavy (non-hydrogen) atoms. The van der Waals surface area contributed by atoms with Crippen molar-refractivity contribution in [2.24, 2.45) is 5.73 Å². The van der Waals surface area contributed by atoms with Crippen molar-refractivity contribution in [3.05, 3.63) is 47.6 Å². The Morgan fingerprint density at radius 2 is 1.62 bits per heavy atom. The number of fused-ring (bicyclic) bond motifs is 1. The molecule has 0 radical (unpaired) electrons. The van der Waals surface area contributed by atoms with Crippen molar-refractivity contribution in [1.82, 2.24) is 19.5 Å². The number of aryl methyl sites for hydroxylation is 1. The zero-order chi connectivity index (χ0) is 22.6. The first-order valence-corrected chi connectivity index (χ1v) is 11.9. The Morgan fingerprint density at radius 3 is 2.34 bits per heavy atom. The minimum atomic E-state index is -0.428. The van der Waals surface area contributed by atoms with Gasteiger partial charge in [-0.05, 0) is 31.0 Å². The highest BCUT2D eigenvalue weighted by atomic mass is 35.5. The van der Waals surface area contributed by atoms with Crippen LogP contribution < -0.4 is 10.5 Å². The van der Waals surface area contributed by atoms with Gasteiger partial charge >= 0.3 is 0 Å². The number of amides is 1. The zero-order valence-electron chi connectivity index (χ0n) is 18.5. The van der Waals surface area contributed by atoms with Gasteiger partial charge in [-0.15, -0.1) is 0 Å². The van der Waals surface area contributed by atoms with Gasteiger partial charge in [0.05, 0.1) is 12.9 Å². The molecular formula is C24H32ClN5O2. The lowest BCUT2D eigenvalue weighted by atomic mass is 10.1. The van der Waals surface area contributed by atoms with E-state index < -0.39 is 5.91 Å². The maximum Gasteiger partial charge on any atom is 0.248 e. The van der Waals surface area contributed by atoms with Crippen LogP contribution >= 0.6 is 11.6 Å². The second-order valence-corrected chi connectivity index (χ2v) is 8.41. The second kappa shape index (κ2) is 13.0. The number of halogens is 1. The summed E-state index contributed by atoms with van der Waals surface area (Å²) >= 11 is 6.04. The quantitative estimate of drug-likeness (QED) is 0.238. The van der Waals surface area contributed by atoms with Crippen LogP contribution in [0.1, 0.15) is 74.6 Å². The molecule has 0 aliphatic heterocycles. The Kier molecular flexibility index (Phi) is 9.75. The van der Waals surface area contributed by atoms with Crippen molar-refractivity contribution >= 4 is 28.7 Å². The Hall–Kier alpha value is -2.67. The molecule has 3 aromatic rings. The third-order valence-electron chi connectivity index (χ3n) is 5.54. The van der Waals surface area contributed by atoms with Crippen molar-refractivity contribution in [3.8, 4) is 5.75 Å². The molecule has 8 heteroatoms. The molecule has 3 rings (SSSR count). The number of nitrogens with two attached hydrogens (primary N) is 1. The van der Waals surface area contributed by atoms with Crippen LogP contribution in [-0.2, 0) is 6.54 Å². The van der Waals surface area contributed by atoms with E-state index in [0.29, 0.717) is 28.6 Å². The monoisotopic (exact) mass is 457 g/mol. The number of rotatable bonds is 15. The molecule has 0 aliphatic carbocycles. The standard InChI is InChI=1S/C24H32ClN5O2/c25-22-21-24(28-17-27-22)30(18-29-21)14-9-7-5-3-1-2-4-6-8-10-15-32-20-13-11-12-19(16-20)23(26)31/h11-13,16-18H,1-10,14-15H2,(H2,26,31). The lowest BCUT2D eigenvalue weighted by Gasteiger charge is -2.07. The summed E-state index contributed by atoms with van der Waals surface area (Å²) in [5, 5.41) is 0.413. The number of carbonyl (C=O) groups excluding carboxylic acids is 1. The van der Waals surface area contributed by atoms with Gasteiger partial charge in [0.15, 0.2) is 10.8 Å². The maximum absolute atomic E-state index is 11.2. The lowest BCUT2D eigenvalue weighted by molar-refractivity contribution is 0.1000. The number of carbonyl (C=O) groups is 1. The molecule has 0 atom stereocenters. The predicted octanol–water partition coefficient (Wildman–Crippen LogP) is 5.56. The fraction of sp³-hybridized carbons (Fsp3) is 0.500. The van der Waals surface area contributed by atoms with E-state index in [4.69, 9.17) is 22.1 Å². The van der Waals surface area contributed by atoms with E-state index in [1.807, 2.05) is 6.07 Å². The normalized spacial score (nSPS) is 11.2. The highest BCUT2D eigenvalue weighted by Gasteiger charge is 2.07. The van der Waals surface area contributed by atoms with Crippen LogP contribution in [0, 0.1) is 0 Å². The summed E-state index contributed by atoms with van der Waals surface area (Å²) in [6, 6.07) is 7.04. The van der Waals surface area contributed by atoms with Gasteiger partial charge < -0.3 is 15.0 Å². The molecule has 0 unspecified atom stereocenters. The van der Waals surface area contributed by atoms with Crippen LogP contribution in [0.25, 0.3) is 11.2 Å². The molecule has 0 saturated heterocycles. The number of benzene rings is 1. The van der Waals surface area contributed by atoms with E-state index in [2.05, 4.69) is 19.5 Å². The minimum absolute atomic E-state index is 0.413. The molecule has 0 bridgehead atoms. The van der Waals surface area contributed by atoms with Crippen molar-refractivity contribution in [1.29, 1.82) is 0 Å². The van der Waals surface area contributed by atoms with Crippen LogP contribution in [0.2, 0.25) is 5.15 Å². The fourth-order valence-electron chi connectivity index (χ4n) is 3.74. The first kappa shape index (κ1) is 24.0. The zero-order valence-corrected chi connectivity index (χ0v) is 19.3. The average Bonchev–Trinajstić information content (AvgIpc) is 3.21. The molecule has 0 saturated carbocycles. The molecule has 7 nitrogen and oxygen atoms in total. The molecule has 1 aromatic carbocycles. The summed E-state index contributed by atoms with van der Waals surface area (Å²) in [7, 11) is 0. The van der Waals surface area contributed by atoms with Gasteiger partial charge in [-0.2, -0.15) is 0 Å². The van der Waals surface area contributed by atoms with Crippen LogP contribution in [0.5, 0.6) is 5.75 Å². The SMILES string of the molecule is NC(=O)c1cccc(OCCCCCCCCCCCCn2cnc3c(Cl)ncnc32)c1. The van der Waals surface area contributed by atoms with Gasteiger partial charge in [0.25, 0.3) is 0 Å². The summed E-state index contributed by atoms with van der Waals surface area (Å²) in [4.78, 5) is 23.7. The van der Waals surface area contributed by atoms with Gasteiger partial charge in [-0.3, -0.25) is 4.79 Å². The van der Waals surface area contributed by atoms with E-state index in [0.717, 1.165) is 25.0 Å². The van der Waals surface area contributed by atoms with Gasteiger partial charge in [-0.25, -0.2) is 15.0 Å². The van der Waals surface area contributed by atoms with Crippen LogP contribution in [0.3, 0.4) is 0 Å². The first-order chi connectivity index (χ1) is 15.6. The number of nitrogens with zero attached hydrogens (tertiary/aromatic N) is 4. The van der Waals surface area contributed by atoms with Gasteiger partial charge in [0.1, 0.15) is 17.6 Å². The number of hydrogen-bond acceptors (Lipinski definition) is 5. The topological polar surface area (TPSA) is 95.9 Å². The molecule has 2 aromatic heterocycles. The van der Waals surface area contributed by atoms with E-state index in [1.165, 1.54) is 57.7 Å². The van der Waals surface area contributed by atoms with Gasteiger partial charge in [0.2, 0.25) is 5.91 Å². The van der Waals surface area contributed by atoms with E-state index in [9.17, 15) is 4.79 Å². The number of imidazole rings is 1. The fourth-order valence-corrected chi connectivity index (χ4v) is 3.92. The third-order valence-corrected chi connectivity index (χ3v) is 5.81. The van der Waals surface area contributed by atoms with Crippen molar-refractivity contribution in [2.75, 3.05) is 6.61 Å². The maximum atomic E-state index is 11.2. The molecule has 1 amide bonds. The number of ether oxygens (including phenoxy) is 1. The third kappa shape index (κ3) is 7.48. The van der Waals surface area contributed by atoms with Crippen molar-refractivity contribution in [2.45, 2.75) is 70.8 Å². The molecule has 0 aliphatic rings. The summed E-state index contributed by atoms with van der Waals surface area (Å²) < 4.78 is 7.77. The van der Waals surface area contributed by atoms with Gasteiger partial charge in [-0.1, -0.05) is 69.0 Å². The summed E-state index contributed by atoms with van der Waals surface area (Å²) in [6.07, 6.45) is 15.5. The number of unbranched alkanes of at least 4 members (excludes halogenated alkanes) is 9. The minimum Gasteiger partial charge on any atom is -0.494 e. The average molecular weight is 458 g/mol. The van der Waals surface area contributed by atoms with Crippen molar-refractivity contribution < 1.29 is 9.53 Å². The predicted molar refractivity (Wildman–Crippen MR) is 127 cm³/mol. The van der Waals surface area contributed by atoms with E-state index >= 15 is 0 Å². The molecule has 0 spiro atoms.